The first-order chi connectivity index (χ1) is 11.7. The topological polar surface area (TPSA) is 71.1 Å². The highest BCUT2D eigenvalue weighted by Crippen LogP contribution is 2.31. The number of rotatable bonds is 4. The van der Waals surface area contributed by atoms with Crippen LogP contribution < -0.4 is 10.6 Å². The van der Waals surface area contributed by atoms with Gasteiger partial charge in [-0.25, -0.2) is 4.98 Å². The van der Waals surface area contributed by atoms with E-state index in [-0.39, 0.29) is 17.7 Å². The molecule has 2 N–H and O–H groups in total. The Morgan fingerprint density at radius 2 is 2.21 bits per heavy atom. The largest absolute Gasteiger partial charge is 0.326 e. The minimum absolute atomic E-state index is 0.00900. The molecule has 0 spiro atoms. The van der Waals surface area contributed by atoms with Gasteiger partial charge in [0.25, 0.3) is 0 Å². The molecule has 2 heterocycles. The van der Waals surface area contributed by atoms with Crippen molar-refractivity contribution in [2.45, 2.75) is 38.5 Å². The molecule has 1 aromatic carbocycles. The number of aryl methyl sites for hydroxylation is 2. The summed E-state index contributed by atoms with van der Waals surface area (Å²) in [6, 6.07) is 7.83. The zero-order valence-corrected chi connectivity index (χ0v) is 14.1. The summed E-state index contributed by atoms with van der Waals surface area (Å²) in [6.07, 6.45) is 4.84. The number of nitrogens with zero attached hydrogens (tertiary/aromatic N) is 1. The number of benzene rings is 1. The maximum Gasteiger partial charge on any atom is 0.227 e. The van der Waals surface area contributed by atoms with Gasteiger partial charge in [-0.1, -0.05) is 18.2 Å². The minimum atomic E-state index is -0.146. The van der Waals surface area contributed by atoms with Gasteiger partial charge in [0.05, 0.1) is 5.69 Å². The van der Waals surface area contributed by atoms with E-state index in [4.69, 9.17) is 0 Å². The molecular formula is C18H19N3O2S. The highest BCUT2D eigenvalue weighted by atomic mass is 32.1. The number of nitrogens with one attached hydrogen (secondary N) is 2. The summed E-state index contributed by atoms with van der Waals surface area (Å²) in [5.41, 5.74) is 3.16. The van der Waals surface area contributed by atoms with Gasteiger partial charge in [0.15, 0.2) is 5.13 Å². The molecule has 2 amide bonds. The van der Waals surface area contributed by atoms with E-state index in [0.29, 0.717) is 24.4 Å². The summed E-state index contributed by atoms with van der Waals surface area (Å²) >= 11 is 1.58. The number of carbonyl (C=O) groups is 2. The zero-order chi connectivity index (χ0) is 16.5. The molecule has 0 saturated carbocycles. The fraction of sp³-hybridized carbons (Fsp3) is 0.389. The quantitative estimate of drug-likeness (QED) is 0.897. The van der Waals surface area contributed by atoms with Crippen LogP contribution in [-0.2, 0) is 28.9 Å². The molecule has 2 aliphatic rings. The molecule has 0 fully saturated rings. The van der Waals surface area contributed by atoms with E-state index in [1.165, 1.54) is 11.3 Å². The van der Waals surface area contributed by atoms with Crippen LogP contribution in [0.3, 0.4) is 0 Å². The summed E-state index contributed by atoms with van der Waals surface area (Å²) < 4.78 is 0. The van der Waals surface area contributed by atoms with Crippen LogP contribution in [0.25, 0.3) is 0 Å². The normalized spacial score (nSPS) is 18.7. The molecule has 5 nitrogen and oxygen atoms in total. The average molecular weight is 341 g/mol. The van der Waals surface area contributed by atoms with E-state index in [2.05, 4.69) is 15.6 Å². The van der Waals surface area contributed by atoms with Crippen LogP contribution in [0.1, 0.15) is 35.4 Å². The molecule has 1 unspecified atom stereocenters. The Morgan fingerprint density at radius 1 is 1.33 bits per heavy atom. The first-order valence-corrected chi connectivity index (χ1v) is 9.18. The smallest absolute Gasteiger partial charge is 0.227 e. The molecule has 1 aliphatic carbocycles. The summed E-state index contributed by atoms with van der Waals surface area (Å²) in [6.45, 7) is 0. The lowest BCUT2D eigenvalue weighted by Crippen LogP contribution is -2.30. The SMILES string of the molecule is O=C(CCC1Cc2ccccc2NC1=O)Nc1nc2c(s1)CCC2. The molecule has 0 saturated heterocycles. The molecule has 6 heteroatoms. The number of fused-ring (bicyclic) bond motifs is 2. The third-order valence-corrected chi connectivity index (χ3v) is 5.75. The monoisotopic (exact) mass is 341 g/mol. The van der Waals surface area contributed by atoms with E-state index in [9.17, 15) is 9.59 Å². The van der Waals surface area contributed by atoms with Gasteiger partial charge in [-0.3, -0.25) is 9.59 Å². The van der Waals surface area contributed by atoms with Crippen LogP contribution in [0.15, 0.2) is 24.3 Å². The van der Waals surface area contributed by atoms with Crippen LogP contribution in [0.5, 0.6) is 0 Å². The highest BCUT2D eigenvalue weighted by molar-refractivity contribution is 7.15. The fourth-order valence-corrected chi connectivity index (χ4v) is 4.44. The lowest BCUT2D eigenvalue weighted by atomic mass is 9.89. The zero-order valence-electron chi connectivity index (χ0n) is 13.3. The number of aromatic nitrogens is 1. The van der Waals surface area contributed by atoms with E-state index < -0.39 is 0 Å². The maximum absolute atomic E-state index is 12.2. The minimum Gasteiger partial charge on any atom is -0.326 e. The van der Waals surface area contributed by atoms with Crippen molar-refractivity contribution in [1.82, 2.24) is 4.98 Å². The van der Waals surface area contributed by atoms with Crippen molar-refractivity contribution in [2.24, 2.45) is 5.92 Å². The van der Waals surface area contributed by atoms with Gasteiger partial charge in [-0.2, -0.15) is 0 Å². The predicted octanol–water partition coefficient (Wildman–Crippen LogP) is 3.16. The summed E-state index contributed by atoms with van der Waals surface area (Å²) in [5, 5.41) is 6.51. The Bertz CT molecular complexity index is 778. The lowest BCUT2D eigenvalue weighted by Gasteiger charge is -2.24. The lowest BCUT2D eigenvalue weighted by molar-refractivity contribution is -0.121. The third-order valence-electron chi connectivity index (χ3n) is 4.67. The molecular weight excluding hydrogens is 322 g/mol. The van der Waals surface area contributed by atoms with Crippen molar-refractivity contribution in [1.29, 1.82) is 0 Å². The van der Waals surface area contributed by atoms with Crippen molar-refractivity contribution in [3.05, 3.63) is 40.4 Å². The molecule has 24 heavy (non-hydrogen) atoms. The average Bonchev–Trinajstić information content (AvgIpc) is 3.14. The first-order valence-electron chi connectivity index (χ1n) is 8.36. The third kappa shape index (κ3) is 3.06. The molecule has 1 atom stereocenters. The van der Waals surface area contributed by atoms with Gasteiger partial charge < -0.3 is 10.6 Å². The van der Waals surface area contributed by atoms with Gasteiger partial charge in [0, 0.05) is 22.9 Å². The summed E-state index contributed by atoms with van der Waals surface area (Å²) in [7, 11) is 0. The van der Waals surface area contributed by atoms with Gasteiger partial charge in [0.1, 0.15) is 0 Å². The standard InChI is InChI=1S/C18H19N3O2S/c22-16(21-18-20-14-6-3-7-15(14)24-18)9-8-12-10-11-4-1-2-5-13(11)19-17(12)23/h1-2,4-5,12H,3,6-10H2,(H,19,23)(H,20,21,22). The van der Waals surface area contributed by atoms with Crippen LogP contribution in [0.4, 0.5) is 10.8 Å². The van der Waals surface area contributed by atoms with Gasteiger partial charge >= 0.3 is 0 Å². The maximum atomic E-state index is 12.2. The van der Waals surface area contributed by atoms with E-state index >= 15 is 0 Å². The van der Waals surface area contributed by atoms with Gasteiger partial charge in [-0.05, 0) is 43.7 Å². The van der Waals surface area contributed by atoms with Crippen LogP contribution in [-0.4, -0.2) is 16.8 Å². The number of hydrogen-bond acceptors (Lipinski definition) is 4. The molecule has 4 rings (SSSR count). The second-order valence-electron chi connectivity index (χ2n) is 6.38. The van der Waals surface area contributed by atoms with Crippen molar-refractivity contribution >= 4 is 34.0 Å². The molecule has 0 bridgehead atoms. The molecule has 1 aliphatic heterocycles. The van der Waals surface area contributed by atoms with E-state index in [1.54, 1.807) is 11.3 Å². The van der Waals surface area contributed by atoms with Gasteiger partial charge in [0.2, 0.25) is 11.8 Å². The number of anilines is 2. The first kappa shape index (κ1) is 15.3. The number of hydrogen-bond donors (Lipinski definition) is 2. The Labute approximate surface area is 144 Å². The summed E-state index contributed by atoms with van der Waals surface area (Å²) in [5.74, 6) is -0.198. The Hall–Kier alpha value is -2.21. The Balaban J connectivity index is 1.33. The molecule has 124 valence electrons. The van der Waals surface area contributed by atoms with Crippen molar-refractivity contribution in [3.63, 3.8) is 0 Å². The second-order valence-corrected chi connectivity index (χ2v) is 7.46. The van der Waals surface area contributed by atoms with Crippen LogP contribution >= 0.6 is 11.3 Å². The molecule has 0 radical (unpaired) electrons. The van der Waals surface area contributed by atoms with E-state index in [0.717, 1.165) is 29.8 Å². The van der Waals surface area contributed by atoms with Crippen molar-refractivity contribution < 1.29 is 9.59 Å². The van der Waals surface area contributed by atoms with Crippen molar-refractivity contribution in [2.75, 3.05) is 10.6 Å². The van der Waals surface area contributed by atoms with Gasteiger partial charge in [-0.15, -0.1) is 11.3 Å². The Morgan fingerprint density at radius 3 is 3.08 bits per heavy atom. The van der Waals surface area contributed by atoms with E-state index in [1.807, 2.05) is 24.3 Å². The fourth-order valence-electron chi connectivity index (χ4n) is 3.38. The number of thiazole rings is 1. The number of para-hydroxylation sites is 1. The number of amides is 2. The number of carbonyl (C=O) groups excluding carboxylic acids is 2. The van der Waals surface area contributed by atoms with Crippen molar-refractivity contribution in [3.8, 4) is 0 Å². The summed E-state index contributed by atoms with van der Waals surface area (Å²) in [4.78, 5) is 30.1. The Kier molecular flexibility index (Phi) is 4.06. The van der Waals surface area contributed by atoms with Crippen LogP contribution in [0, 0.1) is 5.92 Å². The highest BCUT2D eigenvalue weighted by Gasteiger charge is 2.26. The van der Waals surface area contributed by atoms with Crippen LogP contribution in [0.2, 0.25) is 0 Å². The second kappa shape index (κ2) is 6.36. The molecule has 2 aromatic rings. The predicted molar refractivity (Wildman–Crippen MR) is 94.3 cm³/mol. The molecule has 1 aromatic heterocycles.